The van der Waals surface area contributed by atoms with Crippen LogP contribution < -0.4 is 16.3 Å². The Labute approximate surface area is 320 Å². The predicted octanol–water partition coefficient (Wildman–Crippen LogP) is 5.98. The number of para-hydroxylation sites is 2. The van der Waals surface area contributed by atoms with Crippen LogP contribution in [0, 0.1) is 5.92 Å². The number of ether oxygens (including phenoxy) is 3. The van der Waals surface area contributed by atoms with Crippen LogP contribution in [-0.4, -0.2) is 70.4 Å². The molecule has 12 nitrogen and oxygen atoms in total. The number of amides is 2. The molecule has 0 bridgehead atoms. The van der Waals surface area contributed by atoms with Gasteiger partial charge in [0, 0.05) is 43.7 Å². The standard InChI is InChI=1S/C43H49N5O7/c1-3-53-39(50)25-45-42(51)44-24-33-8-4-5-9-35(33)30-16-18-32(19-17-30)41-54-38(28(2)40(55-41)31-14-12-29(27-49)13-15-31)26-47-22-20-34(21-23-47)48-37-11-7-6-10-36(37)46-43(48)52/h4-19,28,34,38,40-41,49H,3,20-27H2,1-2H3,(H,46,52)(H2,44,45,51)/t28-,38+,40+,41+/m1/s1. The molecule has 55 heavy (non-hydrogen) atoms. The van der Waals surface area contributed by atoms with Crippen LogP contribution in [0.5, 0.6) is 0 Å². The minimum atomic E-state index is -0.611. The Morgan fingerprint density at radius 3 is 2.35 bits per heavy atom. The van der Waals surface area contributed by atoms with Crippen molar-refractivity contribution in [2.24, 2.45) is 5.92 Å². The average molecular weight is 748 g/mol. The molecule has 0 saturated carbocycles. The fourth-order valence-corrected chi connectivity index (χ4v) is 7.76. The van der Waals surface area contributed by atoms with E-state index in [1.807, 2.05) is 102 Å². The molecule has 0 spiro atoms. The second kappa shape index (κ2) is 17.5. The summed E-state index contributed by atoms with van der Waals surface area (Å²) in [5.74, 6) is -0.449. The van der Waals surface area contributed by atoms with Crippen molar-refractivity contribution in [1.29, 1.82) is 0 Å². The molecule has 1 aromatic heterocycles. The highest BCUT2D eigenvalue weighted by atomic mass is 16.7. The monoisotopic (exact) mass is 747 g/mol. The lowest BCUT2D eigenvalue weighted by Gasteiger charge is -2.44. The van der Waals surface area contributed by atoms with Gasteiger partial charge < -0.3 is 39.8 Å². The third-order valence-corrected chi connectivity index (χ3v) is 10.8. The molecule has 7 rings (SSSR count). The van der Waals surface area contributed by atoms with E-state index in [1.54, 1.807) is 6.92 Å². The summed E-state index contributed by atoms with van der Waals surface area (Å²) in [7, 11) is 0. The van der Waals surface area contributed by atoms with Crippen LogP contribution in [0.25, 0.3) is 22.2 Å². The molecule has 12 heteroatoms. The van der Waals surface area contributed by atoms with Crippen molar-refractivity contribution in [3.05, 3.63) is 130 Å². The quantitative estimate of drug-likeness (QED) is 0.114. The maximum absolute atomic E-state index is 12.9. The van der Waals surface area contributed by atoms with Gasteiger partial charge in [0.15, 0.2) is 6.29 Å². The molecule has 2 fully saturated rings. The molecule has 2 aliphatic heterocycles. The van der Waals surface area contributed by atoms with Crippen LogP contribution in [0.4, 0.5) is 4.79 Å². The second-order valence-corrected chi connectivity index (χ2v) is 14.3. The van der Waals surface area contributed by atoms with Gasteiger partial charge in [0.2, 0.25) is 0 Å². The van der Waals surface area contributed by atoms with Gasteiger partial charge in [-0.05, 0) is 59.7 Å². The van der Waals surface area contributed by atoms with Gasteiger partial charge in [0.1, 0.15) is 6.54 Å². The number of urea groups is 1. The number of nitrogens with one attached hydrogen (secondary N) is 3. The first kappa shape index (κ1) is 38.0. The lowest BCUT2D eigenvalue weighted by Crippen LogP contribution is -2.47. The van der Waals surface area contributed by atoms with E-state index in [-0.39, 0.29) is 56.2 Å². The minimum absolute atomic E-state index is 0.0232. The maximum atomic E-state index is 12.9. The van der Waals surface area contributed by atoms with Gasteiger partial charge in [-0.25, -0.2) is 9.59 Å². The highest BCUT2D eigenvalue weighted by Crippen LogP contribution is 2.42. The molecular formula is C43H49N5O7. The zero-order valence-corrected chi connectivity index (χ0v) is 31.3. The Kier molecular flexibility index (Phi) is 12.1. The number of nitrogens with zero attached hydrogens (tertiary/aromatic N) is 2. The SMILES string of the molecule is CCOC(=O)CNC(=O)NCc1ccccc1-c1ccc([C@H]2O[C@@H](CN3CCC(n4c(=O)[nH]c5ccccc54)CC3)[C@@H](C)[C@@H](c3ccc(CO)cc3)O2)cc1. The Morgan fingerprint density at radius 2 is 1.60 bits per heavy atom. The number of rotatable bonds is 12. The third kappa shape index (κ3) is 8.84. The van der Waals surface area contributed by atoms with Gasteiger partial charge in [-0.15, -0.1) is 0 Å². The number of esters is 1. The van der Waals surface area contributed by atoms with Gasteiger partial charge in [-0.3, -0.25) is 9.36 Å². The van der Waals surface area contributed by atoms with Crippen molar-refractivity contribution in [1.82, 2.24) is 25.1 Å². The Bertz CT molecular complexity index is 2120. The van der Waals surface area contributed by atoms with E-state index in [4.69, 9.17) is 14.2 Å². The number of aromatic amines is 1. The number of aromatic nitrogens is 2. The maximum Gasteiger partial charge on any atom is 0.326 e. The van der Waals surface area contributed by atoms with E-state index in [0.29, 0.717) is 0 Å². The number of piperidine rings is 1. The molecule has 2 saturated heterocycles. The lowest BCUT2D eigenvalue weighted by atomic mass is 9.89. The zero-order valence-electron chi connectivity index (χ0n) is 31.3. The van der Waals surface area contributed by atoms with Crippen molar-refractivity contribution in [2.45, 2.75) is 64.4 Å². The van der Waals surface area contributed by atoms with Gasteiger partial charge in [0.05, 0.1) is 36.5 Å². The summed E-state index contributed by atoms with van der Waals surface area (Å²) in [5.41, 5.74) is 7.40. The molecule has 2 amide bonds. The smallest absolute Gasteiger partial charge is 0.326 e. The summed E-state index contributed by atoms with van der Waals surface area (Å²) >= 11 is 0. The van der Waals surface area contributed by atoms with E-state index >= 15 is 0 Å². The van der Waals surface area contributed by atoms with Crippen LogP contribution >= 0.6 is 0 Å². The molecule has 0 aliphatic carbocycles. The molecule has 5 aromatic rings. The number of benzene rings is 4. The normalized spacial score (nSPS) is 20.6. The molecule has 0 unspecified atom stereocenters. The number of H-pyrrole nitrogens is 1. The van der Waals surface area contributed by atoms with Crippen LogP contribution in [0.3, 0.4) is 0 Å². The van der Waals surface area contributed by atoms with Gasteiger partial charge in [-0.1, -0.05) is 91.9 Å². The Balaban J connectivity index is 1.05. The van der Waals surface area contributed by atoms with Crippen LogP contribution in [-0.2, 0) is 32.2 Å². The van der Waals surface area contributed by atoms with Crippen molar-refractivity contribution >= 4 is 23.0 Å². The van der Waals surface area contributed by atoms with E-state index in [0.717, 1.165) is 76.9 Å². The zero-order chi connectivity index (χ0) is 38.3. The number of carbonyl (C=O) groups excluding carboxylic acids is 2. The number of aliphatic hydroxyl groups is 1. The van der Waals surface area contributed by atoms with Crippen molar-refractivity contribution in [3.63, 3.8) is 0 Å². The van der Waals surface area contributed by atoms with Crippen LogP contribution in [0.15, 0.2) is 102 Å². The highest BCUT2D eigenvalue weighted by Gasteiger charge is 2.39. The fraction of sp³-hybridized carbons (Fsp3) is 0.372. The topological polar surface area (TPSA) is 147 Å². The average Bonchev–Trinajstić information content (AvgIpc) is 3.56. The first-order valence-electron chi connectivity index (χ1n) is 19.1. The summed E-state index contributed by atoms with van der Waals surface area (Å²) < 4.78 is 20.3. The van der Waals surface area contributed by atoms with E-state index < -0.39 is 18.3 Å². The van der Waals surface area contributed by atoms with Crippen LogP contribution in [0.1, 0.15) is 67.4 Å². The van der Waals surface area contributed by atoms with E-state index in [1.165, 1.54) is 0 Å². The number of aliphatic hydroxyl groups excluding tert-OH is 1. The van der Waals surface area contributed by atoms with E-state index in [2.05, 4.69) is 27.4 Å². The number of hydrogen-bond acceptors (Lipinski definition) is 8. The number of likely N-dealkylation sites (tertiary alicyclic amines) is 1. The molecule has 2 aliphatic rings. The lowest BCUT2D eigenvalue weighted by molar-refractivity contribution is -0.276. The van der Waals surface area contributed by atoms with Crippen LogP contribution in [0.2, 0.25) is 0 Å². The summed E-state index contributed by atoms with van der Waals surface area (Å²) in [4.78, 5) is 42.3. The number of imidazole rings is 1. The molecule has 3 heterocycles. The van der Waals surface area contributed by atoms with Crippen molar-refractivity contribution in [2.75, 3.05) is 32.8 Å². The first-order chi connectivity index (χ1) is 26.8. The molecule has 288 valence electrons. The first-order valence-corrected chi connectivity index (χ1v) is 19.1. The van der Waals surface area contributed by atoms with Crippen molar-refractivity contribution in [3.8, 4) is 11.1 Å². The number of fused-ring (bicyclic) bond motifs is 1. The van der Waals surface area contributed by atoms with Gasteiger partial charge >= 0.3 is 17.7 Å². The highest BCUT2D eigenvalue weighted by molar-refractivity contribution is 5.81. The predicted molar refractivity (Wildman–Crippen MR) is 209 cm³/mol. The molecule has 0 radical (unpaired) electrons. The molecule has 4 N–H and O–H groups in total. The van der Waals surface area contributed by atoms with Gasteiger partial charge in [-0.2, -0.15) is 0 Å². The number of carbonyl (C=O) groups is 2. The number of hydrogen-bond donors (Lipinski definition) is 4. The summed E-state index contributed by atoms with van der Waals surface area (Å²) in [6.07, 6.45) is 0.757. The second-order valence-electron chi connectivity index (χ2n) is 14.3. The minimum Gasteiger partial charge on any atom is -0.465 e. The van der Waals surface area contributed by atoms with Crippen molar-refractivity contribution < 1.29 is 28.9 Å². The van der Waals surface area contributed by atoms with Gasteiger partial charge in [0.25, 0.3) is 0 Å². The molecule has 4 atom stereocenters. The summed E-state index contributed by atoms with van der Waals surface area (Å²) in [6, 6.07) is 31.5. The Morgan fingerprint density at radius 1 is 0.891 bits per heavy atom. The van der Waals surface area contributed by atoms with E-state index in [9.17, 15) is 19.5 Å². The summed E-state index contributed by atoms with van der Waals surface area (Å²) in [6.45, 7) is 6.62. The molecular weight excluding hydrogens is 699 g/mol. The molecule has 4 aromatic carbocycles. The third-order valence-electron chi connectivity index (χ3n) is 10.8. The fourth-order valence-electron chi connectivity index (χ4n) is 7.76. The largest absolute Gasteiger partial charge is 0.465 e. The Hall–Kier alpha value is -5.27. The summed E-state index contributed by atoms with van der Waals surface area (Å²) in [5, 5.41) is 15.0.